The van der Waals surface area contributed by atoms with Crippen molar-refractivity contribution in [3.8, 4) is 0 Å². The van der Waals surface area contributed by atoms with Crippen LogP contribution in [0.4, 0.5) is 13.2 Å². The smallest absolute Gasteiger partial charge is 0.341 e. The van der Waals surface area contributed by atoms with E-state index < -0.39 is 12.1 Å². The first kappa shape index (κ1) is 16.1. The average molecular weight is 307 g/mol. The molecule has 2 aliphatic rings. The fourth-order valence-electron chi connectivity index (χ4n) is 2.84. The van der Waals surface area contributed by atoms with Crippen LogP contribution in [-0.2, 0) is 9.59 Å². The Balaban J connectivity index is 1.91. The van der Waals surface area contributed by atoms with Crippen molar-refractivity contribution in [3.63, 3.8) is 0 Å². The maximum atomic E-state index is 12.4. The third-order valence-electron chi connectivity index (χ3n) is 3.98. The Labute approximate surface area is 121 Å². The molecule has 0 aromatic heterocycles. The summed E-state index contributed by atoms with van der Waals surface area (Å²) in [6, 6.07) is 0. The highest BCUT2D eigenvalue weighted by Crippen LogP contribution is 2.20. The number of carbonyl (C=O) groups is 2. The molecule has 1 N–H and O–H groups in total. The molecule has 5 nitrogen and oxygen atoms in total. The number of nitrogens with one attached hydrogen (secondary N) is 1. The molecular formula is C13H20F3N3O2. The molecule has 0 aromatic rings. The van der Waals surface area contributed by atoms with E-state index in [1.165, 1.54) is 0 Å². The van der Waals surface area contributed by atoms with Gasteiger partial charge in [-0.1, -0.05) is 0 Å². The van der Waals surface area contributed by atoms with E-state index in [1.807, 2.05) is 0 Å². The Hall–Kier alpha value is -1.31. The molecule has 2 rings (SSSR count). The monoisotopic (exact) mass is 307 g/mol. The van der Waals surface area contributed by atoms with Gasteiger partial charge in [0.15, 0.2) is 0 Å². The molecule has 2 fully saturated rings. The van der Waals surface area contributed by atoms with Crippen molar-refractivity contribution in [1.29, 1.82) is 0 Å². The molecule has 0 aliphatic carbocycles. The van der Waals surface area contributed by atoms with Crippen molar-refractivity contribution >= 4 is 11.8 Å². The first-order chi connectivity index (χ1) is 9.89. The number of amides is 2. The molecule has 2 aliphatic heterocycles. The van der Waals surface area contributed by atoms with Crippen LogP contribution in [0.1, 0.15) is 19.3 Å². The molecule has 1 atom stereocenters. The van der Waals surface area contributed by atoms with Crippen LogP contribution < -0.4 is 5.32 Å². The minimum absolute atomic E-state index is 0.0106. The average Bonchev–Trinajstić information content (AvgIpc) is 2.71. The number of piperidine rings is 1. The van der Waals surface area contributed by atoms with E-state index in [2.05, 4.69) is 5.32 Å². The number of rotatable bonds is 1. The number of nitrogens with zero attached hydrogens (tertiary/aromatic N) is 2. The lowest BCUT2D eigenvalue weighted by atomic mass is 9.98. The van der Waals surface area contributed by atoms with E-state index in [0.717, 1.165) is 24.3 Å². The summed E-state index contributed by atoms with van der Waals surface area (Å²) in [7, 11) is 0. The zero-order valence-corrected chi connectivity index (χ0v) is 11.8. The summed E-state index contributed by atoms with van der Waals surface area (Å²) in [6.45, 7) is 2.11. The summed E-state index contributed by atoms with van der Waals surface area (Å²) in [6.07, 6.45) is -2.71. The van der Waals surface area contributed by atoms with Gasteiger partial charge in [0.05, 0.1) is 5.92 Å². The minimum atomic E-state index is -4.84. The van der Waals surface area contributed by atoms with Gasteiger partial charge < -0.3 is 15.1 Å². The first-order valence-electron chi connectivity index (χ1n) is 7.25. The predicted octanol–water partition coefficient (Wildman–Crippen LogP) is 0.609. The van der Waals surface area contributed by atoms with E-state index >= 15 is 0 Å². The predicted molar refractivity (Wildman–Crippen MR) is 69.4 cm³/mol. The van der Waals surface area contributed by atoms with Gasteiger partial charge in [-0.25, -0.2) is 0 Å². The van der Waals surface area contributed by atoms with Crippen LogP contribution in [0.5, 0.6) is 0 Å². The Morgan fingerprint density at radius 2 is 1.67 bits per heavy atom. The molecule has 0 aromatic carbocycles. The van der Waals surface area contributed by atoms with Gasteiger partial charge in [0.25, 0.3) is 0 Å². The van der Waals surface area contributed by atoms with Crippen LogP contribution in [0, 0.1) is 5.92 Å². The molecule has 0 saturated carbocycles. The zero-order chi connectivity index (χ0) is 15.5. The van der Waals surface area contributed by atoms with E-state index in [0.29, 0.717) is 19.5 Å². The number of hydrogen-bond donors (Lipinski definition) is 1. The standard InChI is InChI=1S/C13H20F3N3O2/c14-13(15,16)12(21)19-6-2-5-18(7-8-19)11(20)10-3-1-4-17-9-10/h10,17H,1-9H2/t10-/m0/s1. The van der Waals surface area contributed by atoms with Crippen LogP contribution >= 0.6 is 0 Å². The van der Waals surface area contributed by atoms with Crippen LogP contribution in [0.25, 0.3) is 0 Å². The lowest BCUT2D eigenvalue weighted by molar-refractivity contribution is -0.185. The molecule has 2 amide bonds. The fraction of sp³-hybridized carbons (Fsp3) is 0.846. The molecule has 21 heavy (non-hydrogen) atoms. The second-order valence-electron chi connectivity index (χ2n) is 5.51. The van der Waals surface area contributed by atoms with Crippen molar-refractivity contribution in [2.24, 2.45) is 5.92 Å². The quantitative estimate of drug-likeness (QED) is 0.772. The number of alkyl halides is 3. The molecule has 8 heteroatoms. The molecule has 0 spiro atoms. The molecule has 2 saturated heterocycles. The van der Waals surface area contributed by atoms with Crippen molar-refractivity contribution < 1.29 is 22.8 Å². The highest BCUT2D eigenvalue weighted by atomic mass is 19.4. The van der Waals surface area contributed by atoms with E-state index in [9.17, 15) is 22.8 Å². The van der Waals surface area contributed by atoms with Crippen LogP contribution in [0.15, 0.2) is 0 Å². The van der Waals surface area contributed by atoms with E-state index in [4.69, 9.17) is 0 Å². The summed E-state index contributed by atoms with van der Waals surface area (Å²) in [4.78, 5) is 26.0. The highest BCUT2D eigenvalue weighted by molar-refractivity contribution is 5.82. The van der Waals surface area contributed by atoms with Crippen LogP contribution in [0.2, 0.25) is 0 Å². The SMILES string of the molecule is O=C([C@H]1CCCNC1)N1CCCN(C(=O)C(F)(F)F)CC1. The van der Waals surface area contributed by atoms with E-state index in [1.54, 1.807) is 4.90 Å². The van der Waals surface area contributed by atoms with Gasteiger partial charge >= 0.3 is 12.1 Å². The lowest BCUT2D eigenvalue weighted by Gasteiger charge is -2.29. The highest BCUT2D eigenvalue weighted by Gasteiger charge is 2.43. The number of carbonyl (C=O) groups excluding carboxylic acids is 2. The number of halogens is 3. The molecule has 0 radical (unpaired) electrons. The van der Waals surface area contributed by atoms with Gasteiger partial charge in [-0.3, -0.25) is 9.59 Å². The molecule has 120 valence electrons. The Morgan fingerprint density at radius 1 is 1.00 bits per heavy atom. The Bertz CT molecular complexity index is 395. The van der Waals surface area contributed by atoms with Crippen molar-refractivity contribution in [3.05, 3.63) is 0 Å². The summed E-state index contributed by atoms with van der Waals surface area (Å²) in [5.74, 6) is -1.91. The van der Waals surface area contributed by atoms with Gasteiger partial charge in [-0.15, -0.1) is 0 Å². The Morgan fingerprint density at radius 3 is 2.29 bits per heavy atom. The topological polar surface area (TPSA) is 52.7 Å². The maximum Gasteiger partial charge on any atom is 0.471 e. The van der Waals surface area contributed by atoms with Crippen LogP contribution in [0.3, 0.4) is 0 Å². The summed E-state index contributed by atoms with van der Waals surface area (Å²) in [5, 5.41) is 3.16. The van der Waals surface area contributed by atoms with Gasteiger partial charge in [0, 0.05) is 32.7 Å². The Kier molecular flexibility index (Phi) is 5.08. The zero-order valence-electron chi connectivity index (χ0n) is 11.8. The van der Waals surface area contributed by atoms with Crippen LogP contribution in [-0.4, -0.2) is 67.1 Å². The first-order valence-corrected chi connectivity index (χ1v) is 7.25. The molecule has 0 unspecified atom stereocenters. The van der Waals surface area contributed by atoms with Gasteiger partial charge in [-0.05, 0) is 25.8 Å². The van der Waals surface area contributed by atoms with Gasteiger partial charge in [0.2, 0.25) is 5.91 Å². The fourth-order valence-corrected chi connectivity index (χ4v) is 2.84. The second-order valence-corrected chi connectivity index (χ2v) is 5.51. The largest absolute Gasteiger partial charge is 0.471 e. The van der Waals surface area contributed by atoms with E-state index in [-0.39, 0.29) is 31.5 Å². The summed E-state index contributed by atoms with van der Waals surface area (Å²) < 4.78 is 37.3. The van der Waals surface area contributed by atoms with Gasteiger partial charge in [0.1, 0.15) is 0 Å². The summed E-state index contributed by atoms with van der Waals surface area (Å²) in [5.41, 5.74) is 0. The van der Waals surface area contributed by atoms with Crippen molar-refractivity contribution in [2.75, 3.05) is 39.3 Å². The van der Waals surface area contributed by atoms with Crippen molar-refractivity contribution in [1.82, 2.24) is 15.1 Å². The molecule has 0 bridgehead atoms. The number of hydrogen-bond acceptors (Lipinski definition) is 3. The maximum absolute atomic E-state index is 12.4. The van der Waals surface area contributed by atoms with Crippen molar-refractivity contribution in [2.45, 2.75) is 25.4 Å². The summed E-state index contributed by atoms with van der Waals surface area (Å²) >= 11 is 0. The normalized spacial score (nSPS) is 24.6. The van der Waals surface area contributed by atoms with Gasteiger partial charge in [-0.2, -0.15) is 13.2 Å². The molecular weight excluding hydrogens is 287 g/mol. The molecule has 2 heterocycles. The second kappa shape index (κ2) is 6.64. The third-order valence-corrected chi connectivity index (χ3v) is 3.98. The lowest BCUT2D eigenvalue weighted by Crippen LogP contribution is -2.46. The minimum Gasteiger partial charge on any atom is -0.341 e. The third kappa shape index (κ3) is 4.09.